The van der Waals surface area contributed by atoms with Crippen LogP contribution < -0.4 is 0 Å². The highest BCUT2D eigenvalue weighted by atomic mass is 32.1. The summed E-state index contributed by atoms with van der Waals surface area (Å²) in [5.41, 5.74) is 1.34. The van der Waals surface area contributed by atoms with Gasteiger partial charge in [0.25, 0.3) is 5.91 Å². The molecule has 1 fully saturated rings. The van der Waals surface area contributed by atoms with E-state index >= 15 is 0 Å². The number of benzene rings is 1. The third-order valence-corrected chi connectivity index (χ3v) is 5.38. The average molecular weight is 329 g/mol. The van der Waals surface area contributed by atoms with E-state index < -0.39 is 5.97 Å². The zero-order valence-electron chi connectivity index (χ0n) is 12.8. The van der Waals surface area contributed by atoms with Crippen LogP contribution in [0.5, 0.6) is 0 Å². The molecule has 120 valence electrons. The standard InChI is InChI=1S/C18H19NO3S/c20-17(15-8-9-16(23-15)18(21)22)19-11-4-7-14(10-12-19)13-5-2-1-3-6-13/h1-3,5-6,8-9,14H,4,7,10-12H2,(H,21,22). The summed E-state index contributed by atoms with van der Waals surface area (Å²) in [5.74, 6) is -0.530. The third-order valence-electron chi connectivity index (χ3n) is 4.31. The lowest BCUT2D eigenvalue weighted by molar-refractivity contribution is 0.0701. The normalized spacial score (nSPS) is 18.4. The Bertz CT molecular complexity index is 695. The molecule has 1 amide bonds. The number of hydrogen-bond acceptors (Lipinski definition) is 3. The Hall–Kier alpha value is -2.14. The van der Waals surface area contributed by atoms with Crippen LogP contribution in [0.15, 0.2) is 42.5 Å². The molecule has 1 atom stereocenters. The number of hydrogen-bond donors (Lipinski definition) is 1. The van der Waals surface area contributed by atoms with E-state index in [1.54, 1.807) is 6.07 Å². The number of carbonyl (C=O) groups is 2. The molecule has 1 aromatic carbocycles. The van der Waals surface area contributed by atoms with E-state index in [0.717, 1.165) is 43.7 Å². The molecule has 1 N–H and O–H groups in total. The lowest BCUT2D eigenvalue weighted by Crippen LogP contribution is -2.31. The second-order valence-electron chi connectivity index (χ2n) is 5.80. The molecule has 1 aromatic heterocycles. The molecule has 0 radical (unpaired) electrons. The van der Waals surface area contributed by atoms with Gasteiger partial charge < -0.3 is 10.0 Å². The van der Waals surface area contributed by atoms with Gasteiger partial charge >= 0.3 is 5.97 Å². The van der Waals surface area contributed by atoms with Crippen molar-refractivity contribution in [3.05, 3.63) is 57.8 Å². The number of carboxylic acids is 1. The van der Waals surface area contributed by atoms with E-state index in [2.05, 4.69) is 24.3 Å². The van der Waals surface area contributed by atoms with Gasteiger partial charge in [0.15, 0.2) is 0 Å². The second-order valence-corrected chi connectivity index (χ2v) is 6.88. The summed E-state index contributed by atoms with van der Waals surface area (Å²) in [6, 6.07) is 13.6. The molecule has 0 spiro atoms. The number of aromatic carboxylic acids is 1. The first-order valence-corrected chi connectivity index (χ1v) is 8.64. The SMILES string of the molecule is O=C(O)c1ccc(C(=O)N2CCCC(c3ccccc3)CC2)s1. The summed E-state index contributed by atoms with van der Waals surface area (Å²) >= 11 is 1.06. The smallest absolute Gasteiger partial charge is 0.345 e. The van der Waals surface area contributed by atoms with Crippen molar-refractivity contribution in [3.63, 3.8) is 0 Å². The van der Waals surface area contributed by atoms with Gasteiger partial charge in [-0.05, 0) is 42.9 Å². The summed E-state index contributed by atoms with van der Waals surface area (Å²) in [6.45, 7) is 1.46. The Morgan fingerprint density at radius 3 is 2.43 bits per heavy atom. The summed E-state index contributed by atoms with van der Waals surface area (Å²) in [5, 5.41) is 8.98. The molecule has 1 aliphatic heterocycles. The van der Waals surface area contributed by atoms with Crippen molar-refractivity contribution in [3.8, 4) is 0 Å². The maximum absolute atomic E-state index is 12.6. The fraction of sp³-hybridized carbons (Fsp3) is 0.333. The zero-order chi connectivity index (χ0) is 16.2. The molecule has 0 aliphatic carbocycles. The number of carboxylic acid groups (broad SMARTS) is 1. The first-order chi connectivity index (χ1) is 11.1. The van der Waals surface area contributed by atoms with Crippen LogP contribution in [0.1, 0.15) is 50.1 Å². The van der Waals surface area contributed by atoms with Crippen LogP contribution in [0.2, 0.25) is 0 Å². The van der Waals surface area contributed by atoms with Crippen molar-refractivity contribution >= 4 is 23.2 Å². The Balaban J connectivity index is 1.67. The number of rotatable bonds is 3. The van der Waals surface area contributed by atoms with Crippen LogP contribution in [0, 0.1) is 0 Å². The van der Waals surface area contributed by atoms with Gasteiger partial charge in [0.2, 0.25) is 0 Å². The maximum Gasteiger partial charge on any atom is 0.345 e. The van der Waals surface area contributed by atoms with Crippen molar-refractivity contribution in [1.29, 1.82) is 0 Å². The number of nitrogens with zero attached hydrogens (tertiary/aromatic N) is 1. The van der Waals surface area contributed by atoms with Crippen molar-refractivity contribution in [2.24, 2.45) is 0 Å². The molecule has 4 nitrogen and oxygen atoms in total. The molecule has 0 bridgehead atoms. The first kappa shape index (κ1) is 15.7. The number of thiophene rings is 1. The Morgan fingerprint density at radius 1 is 1.00 bits per heavy atom. The molecule has 0 saturated carbocycles. The molecular weight excluding hydrogens is 310 g/mol. The summed E-state index contributed by atoms with van der Waals surface area (Å²) < 4.78 is 0. The minimum absolute atomic E-state index is 0.0452. The zero-order valence-corrected chi connectivity index (χ0v) is 13.6. The van der Waals surface area contributed by atoms with E-state index in [0.29, 0.717) is 10.8 Å². The lowest BCUT2D eigenvalue weighted by atomic mass is 9.92. The van der Waals surface area contributed by atoms with E-state index in [9.17, 15) is 9.59 Å². The number of likely N-dealkylation sites (tertiary alicyclic amines) is 1. The molecular formula is C18H19NO3S. The molecule has 5 heteroatoms. The predicted molar refractivity (Wildman–Crippen MR) is 90.2 cm³/mol. The molecule has 2 heterocycles. The maximum atomic E-state index is 12.6. The van der Waals surface area contributed by atoms with E-state index in [1.165, 1.54) is 11.6 Å². The van der Waals surface area contributed by atoms with E-state index in [-0.39, 0.29) is 10.8 Å². The highest BCUT2D eigenvalue weighted by Crippen LogP contribution is 2.29. The Labute approximate surface area is 139 Å². The van der Waals surface area contributed by atoms with Gasteiger partial charge in [-0.25, -0.2) is 4.79 Å². The van der Waals surface area contributed by atoms with Gasteiger partial charge in [-0.1, -0.05) is 30.3 Å². The predicted octanol–water partition coefficient (Wildman–Crippen LogP) is 3.86. The van der Waals surface area contributed by atoms with Gasteiger partial charge in [0, 0.05) is 13.1 Å². The largest absolute Gasteiger partial charge is 0.477 e. The second kappa shape index (κ2) is 6.96. The van der Waals surface area contributed by atoms with Gasteiger partial charge in [-0.15, -0.1) is 11.3 Å². The quantitative estimate of drug-likeness (QED) is 0.930. The van der Waals surface area contributed by atoms with Crippen molar-refractivity contribution in [2.45, 2.75) is 25.2 Å². The van der Waals surface area contributed by atoms with Crippen molar-refractivity contribution < 1.29 is 14.7 Å². The van der Waals surface area contributed by atoms with Gasteiger partial charge in [-0.3, -0.25) is 4.79 Å². The molecule has 3 rings (SSSR count). The molecule has 1 aliphatic rings. The van der Waals surface area contributed by atoms with Crippen LogP contribution in [-0.4, -0.2) is 35.0 Å². The van der Waals surface area contributed by atoms with Crippen molar-refractivity contribution in [1.82, 2.24) is 4.90 Å². The summed E-state index contributed by atoms with van der Waals surface area (Å²) in [7, 11) is 0. The minimum atomic E-state index is -0.978. The van der Waals surface area contributed by atoms with Crippen LogP contribution in [0.3, 0.4) is 0 Å². The van der Waals surface area contributed by atoms with Crippen molar-refractivity contribution in [2.75, 3.05) is 13.1 Å². The fourth-order valence-electron chi connectivity index (χ4n) is 3.08. The van der Waals surface area contributed by atoms with Gasteiger partial charge in [0.1, 0.15) is 4.88 Å². The van der Waals surface area contributed by atoms with E-state index in [4.69, 9.17) is 5.11 Å². The topological polar surface area (TPSA) is 57.6 Å². The minimum Gasteiger partial charge on any atom is -0.477 e. The highest BCUT2D eigenvalue weighted by Gasteiger charge is 2.23. The molecule has 23 heavy (non-hydrogen) atoms. The number of amides is 1. The highest BCUT2D eigenvalue weighted by molar-refractivity contribution is 7.15. The Morgan fingerprint density at radius 2 is 1.74 bits per heavy atom. The fourth-order valence-corrected chi connectivity index (χ4v) is 3.89. The monoisotopic (exact) mass is 329 g/mol. The third kappa shape index (κ3) is 3.62. The first-order valence-electron chi connectivity index (χ1n) is 7.82. The molecule has 1 saturated heterocycles. The molecule has 2 aromatic rings. The van der Waals surface area contributed by atoms with Crippen LogP contribution in [0.4, 0.5) is 0 Å². The number of carbonyl (C=O) groups excluding carboxylic acids is 1. The summed E-state index contributed by atoms with van der Waals surface area (Å²) in [6.07, 6.45) is 3.01. The average Bonchev–Trinajstić information content (AvgIpc) is 2.94. The van der Waals surface area contributed by atoms with Crippen LogP contribution in [-0.2, 0) is 0 Å². The lowest BCUT2D eigenvalue weighted by Gasteiger charge is -2.20. The summed E-state index contributed by atoms with van der Waals surface area (Å²) in [4.78, 5) is 26.1. The van der Waals surface area contributed by atoms with Gasteiger partial charge in [0.05, 0.1) is 4.88 Å². The molecule has 1 unspecified atom stereocenters. The Kier molecular flexibility index (Phi) is 4.76. The van der Waals surface area contributed by atoms with Crippen LogP contribution >= 0.6 is 11.3 Å². The van der Waals surface area contributed by atoms with Crippen LogP contribution in [0.25, 0.3) is 0 Å². The van der Waals surface area contributed by atoms with E-state index in [1.807, 2.05) is 11.0 Å². The van der Waals surface area contributed by atoms with Gasteiger partial charge in [-0.2, -0.15) is 0 Å².